The van der Waals surface area contributed by atoms with Gasteiger partial charge in [-0.3, -0.25) is 14.6 Å². The highest BCUT2D eigenvalue weighted by Crippen LogP contribution is 2.21. The normalized spacial score (nSPS) is 15.2. The standard InChI is InChI=1S/C24H29N5O2/c1-17-6-4-9-20(14-17)24-27-26-22(31-24)16-29-12-10-28(11-13-29)15-21(30)25-23-18(2)7-5-8-19(23)3/h4-9,14H,10-13,15-16H2,1-3H3,(H,25,30). The summed E-state index contributed by atoms with van der Waals surface area (Å²) in [7, 11) is 0. The van der Waals surface area contributed by atoms with E-state index in [4.69, 9.17) is 4.42 Å². The first-order chi connectivity index (χ1) is 15.0. The van der Waals surface area contributed by atoms with Gasteiger partial charge in [0, 0.05) is 37.4 Å². The van der Waals surface area contributed by atoms with Gasteiger partial charge in [0.15, 0.2) is 0 Å². The van der Waals surface area contributed by atoms with Crippen LogP contribution in [0.4, 0.5) is 5.69 Å². The molecule has 2 heterocycles. The maximum Gasteiger partial charge on any atom is 0.247 e. The van der Waals surface area contributed by atoms with Gasteiger partial charge in [0.1, 0.15) is 0 Å². The van der Waals surface area contributed by atoms with Crippen LogP contribution in [0, 0.1) is 20.8 Å². The van der Waals surface area contributed by atoms with Crippen LogP contribution >= 0.6 is 0 Å². The van der Waals surface area contributed by atoms with Crippen LogP contribution in [-0.4, -0.2) is 58.6 Å². The Hall–Kier alpha value is -3.03. The van der Waals surface area contributed by atoms with E-state index in [9.17, 15) is 4.79 Å². The van der Waals surface area contributed by atoms with Gasteiger partial charge in [-0.05, 0) is 44.0 Å². The second kappa shape index (κ2) is 9.41. The Morgan fingerprint density at radius 2 is 1.65 bits per heavy atom. The highest BCUT2D eigenvalue weighted by atomic mass is 16.4. The maximum absolute atomic E-state index is 12.5. The lowest BCUT2D eigenvalue weighted by atomic mass is 10.1. The van der Waals surface area contributed by atoms with Gasteiger partial charge in [-0.1, -0.05) is 35.9 Å². The molecule has 4 rings (SSSR count). The van der Waals surface area contributed by atoms with Crippen molar-refractivity contribution >= 4 is 11.6 Å². The van der Waals surface area contributed by atoms with Crippen LogP contribution in [0.3, 0.4) is 0 Å². The van der Waals surface area contributed by atoms with Crippen LogP contribution in [0.1, 0.15) is 22.6 Å². The smallest absolute Gasteiger partial charge is 0.247 e. The molecule has 3 aromatic rings. The topological polar surface area (TPSA) is 74.5 Å². The fourth-order valence-corrected chi connectivity index (χ4v) is 3.90. The van der Waals surface area contributed by atoms with Crippen LogP contribution in [0.25, 0.3) is 11.5 Å². The number of piperazine rings is 1. The fraction of sp³-hybridized carbons (Fsp3) is 0.375. The monoisotopic (exact) mass is 419 g/mol. The van der Waals surface area contributed by atoms with Gasteiger partial charge in [-0.15, -0.1) is 10.2 Å². The lowest BCUT2D eigenvalue weighted by Gasteiger charge is -2.33. The zero-order valence-corrected chi connectivity index (χ0v) is 18.4. The summed E-state index contributed by atoms with van der Waals surface area (Å²) in [5.74, 6) is 1.21. The fourth-order valence-electron chi connectivity index (χ4n) is 3.90. The van der Waals surface area contributed by atoms with Crippen LogP contribution < -0.4 is 5.32 Å². The molecule has 162 valence electrons. The molecule has 0 atom stereocenters. The number of carbonyl (C=O) groups is 1. The summed E-state index contributed by atoms with van der Waals surface area (Å²) in [4.78, 5) is 17.0. The molecule has 7 nitrogen and oxygen atoms in total. The number of aryl methyl sites for hydroxylation is 3. The predicted octanol–water partition coefficient (Wildman–Crippen LogP) is 3.42. The summed E-state index contributed by atoms with van der Waals surface area (Å²) >= 11 is 0. The minimum atomic E-state index is 0.0329. The molecular formula is C24H29N5O2. The van der Waals surface area contributed by atoms with Crippen molar-refractivity contribution < 1.29 is 9.21 Å². The van der Waals surface area contributed by atoms with E-state index >= 15 is 0 Å². The van der Waals surface area contributed by atoms with Crippen molar-refractivity contribution in [1.29, 1.82) is 0 Å². The van der Waals surface area contributed by atoms with E-state index in [2.05, 4.69) is 25.3 Å². The predicted molar refractivity (Wildman–Crippen MR) is 121 cm³/mol. The van der Waals surface area contributed by atoms with Gasteiger partial charge >= 0.3 is 0 Å². The molecule has 7 heteroatoms. The Balaban J connectivity index is 1.26. The lowest BCUT2D eigenvalue weighted by Crippen LogP contribution is -2.48. The summed E-state index contributed by atoms with van der Waals surface area (Å²) in [6.45, 7) is 10.5. The number of hydrogen-bond donors (Lipinski definition) is 1. The van der Waals surface area contributed by atoms with E-state index < -0.39 is 0 Å². The number of nitrogens with zero attached hydrogens (tertiary/aromatic N) is 4. The average molecular weight is 420 g/mol. The third kappa shape index (κ3) is 5.37. The van der Waals surface area contributed by atoms with Gasteiger partial charge in [0.2, 0.25) is 17.7 Å². The largest absolute Gasteiger partial charge is 0.419 e. The molecule has 1 amide bonds. The molecule has 1 saturated heterocycles. The van der Waals surface area contributed by atoms with Gasteiger partial charge in [0.25, 0.3) is 0 Å². The molecule has 1 aromatic heterocycles. The molecule has 0 radical (unpaired) electrons. The molecule has 1 fully saturated rings. The van der Waals surface area contributed by atoms with Crippen LogP contribution in [0.15, 0.2) is 46.9 Å². The number of amides is 1. The van der Waals surface area contributed by atoms with Crippen LogP contribution in [-0.2, 0) is 11.3 Å². The molecule has 0 saturated carbocycles. The lowest BCUT2D eigenvalue weighted by molar-refractivity contribution is -0.117. The Morgan fingerprint density at radius 1 is 0.968 bits per heavy atom. The first-order valence-electron chi connectivity index (χ1n) is 10.7. The Kier molecular flexibility index (Phi) is 6.44. The molecule has 0 unspecified atom stereocenters. The molecule has 2 aromatic carbocycles. The van der Waals surface area contributed by atoms with E-state index in [1.807, 2.05) is 63.2 Å². The summed E-state index contributed by atoms with van der Waals surface area (Å²) in [5.41, 5.74) is 5.20. The summed E-state index contributed by atoms with van der Waals surface area (Å²) in [5, 5.41) is 11.5. The van der Waals surface area contributed by atoms with E-state index in [0.717, 1.165) is 54.1 Å². The van der Waals surface area contributed by atoms with Crippen molar-refractivity contribution in [2.45, 2.75) is 27.3 Å². The van der Waals surface area contributed by atoms with Crippen molar-refractivity contribution in [2.24, 2.45) is 0 Å². The van der Waals surface area contributed by atoms with Gasteiger partial charge in [0.05, 0.1) is 13.1 Å². The Bertz CT molecular complexity index is 1030. The first kappa shape index (κ1) is 21.2. The van der Waals surface area contributed by atoms with Gasteiger partial charge in [-0.2, -0.15) is 0 Å². The SMILES string of the molecule is Cc1cccc(-c2nnc(CN3CCN(CC(=O)Nc4c(C)cccc4C)CC3)o2)c1. The summed E-state index contributed by atoms with van der Waals surface area (Å²) in [6, 6.07) is 14.1. The minimum absolute atomic E-state index is 0.0329. The Morgan fingerprint density at radius 3 is 2.35 bits per heavy atom. The zero-order valence-electron chi connectivity index (χ0n) is 18.4. The number of nitrogens with one attached hydrogen (secondary N) is 1. The van der Waals surface area contributed by atoms with Crippen molar-refractivity contribution in [3.8, 4) is 11.5 Å². The zero-order chi connectivity index (χ0) is 21.8. The minimum Gasteiger partial charge on any atom is -0.419 e. The maximum atomic E-state index is 12.5. The molecule has 1 aliphatic heterocycles. The van der Waals surface area contributed by atoms with Crippen LogP contribution in [0.2, 0.25) is 0 Å². The molecule has 0 spiro atoms. The number of rotatable bonds is 6. The van der Waals surface area contributed by atoms with Gasteiger partial charge < -0.3 is 9.73 Å². The van der Waals surface area contributed by atoms with Crippen molar-refractivity contribution in [3.63, 3.8) is 0 Å². The van der Waals surface area contributed by atoms with Crippen LogP contribution in [0.5, 0.6) is 0 Å². The quantitative estimate of drug-likeness (QED) is 0.660. The second-order valence-electron chi connectivity index (χ2n) is 8.24. The number of aromatic nitrogens is 2. The van der Waals surface area contributed by atoms with E-state index in [1.54, 1.807) is 0 Å². The summed E-state index contributed by atoms with van der Waals surface area (Å²) < 4.78 is 5.87. The highest BCUT2D eigenvalue weighted by Gasteiger charge is 2.21. The Labute approximate surface area is 183 Å². The third-order valence-corrected chi connectivity index (χ3v) is 5.67. The first-order valence-corrected chi connectivity index (χ1v) is 10.7. The number of hydrogen-bond acceptors (Lipinski definition) is 6. The van der Waals surface area contributed by atoms with Crippen molar-refractivity contribution in [1.82, 2.24) is 20.0 Å². The number of para-hydroxylation sites is 1. The molecule has 1 aliphatic rings. The molecular weight excluding hydrogens is 390 g/mol. The molecule has 1 N–H and O–H groups in total. The molecule has 0 aliphatic carbocycles. The van der Waals surface area contributed by atoms with E-state index in [0.29, 0.717) is 24.9 Å². The average Bonchev–Trinajstić information content (AvgIpc) is 3.21. The van der Waals surface area contributed by atoms with E-state index in [1.165, 1.54) is 0 Å². The third-order valence-electron chi connectivity index (χ3n) is 5.67. The number of anilines is 1. The van der Waals surface area contributed by atoms with Gasteiger partial charge in [-0.25, -0.2) is 0 Å². The van der Waals surface area contributed by atoms with E-state index in [-0.39, 0.29) is 5.91 Å². The highest BCUT2D eigenvalue weighted by molar-refractivity contribution is 5.93. The van der Waals surface area contributed by atoms with Crippen molar-refractivity contribution in [2.75, 3.05) is 38.0 Å². The number of carbonyl (C=O) groups excluding carboxylic acids is 1. The molecule has 0 bridgehead atoms. The molecule has 31 heavy (non-hydrogen) atoms. The number of benzene rings is 2. The summed E-state index contributed by atoms with van der Waals surface area (Å²) in [6.07, 6.45) is 0. The second-order valence-corrected chi connectivity index (χ2v) is 8.24. The van der Waals surface area contributed by atoms with Crippen molar-refractivity contribution in [3.05, 3.63) is 65.0 Å².